The van der Waals surface area contributed by atoms with Crippen LogP contribution in [0.2, 0.25) is 0 Å². The second-order valence-electron chi connectivity index (χ2n) is 8.01. The van der Waals surface area contributed by atoms with E-state index in [1.807, 2.05) is 29.5 Å². The predicted molar refractivity (Wildman–Crippen MR) is 116 cm³/mol. The number of hydrazine groups is 1. The molecule has 0 saturated heterocycles. The molecule has 0 spiro atoms. The van der Waals surface area contributed by atoms with Gasteiger partial charge in [-0.25, -0.2) is 20.4 Å². The van der Waals surface area contributed by atoms with Crippen molar-refractivity contribution in [3.63, 3.8) is 0 Å². The van der Waals surface area contributed by atoms with E-state index in [9.17, 15) is 0 Å². The lowest BCUT2D eigenvalue weighted by atomic mass is 10.1. The van der Waals surface area contributed by atoms with Gasteiger partial charge in [-0.1, -0.05) is 75.8 Å². The molecular formula is C22H37N5. The standard InChI is InChI=1S/C22H37N5/c1-5-6-7-8-9-11-14-19(2)26-27-18-24-22(3,4)25-21(27)23-17-20-15-12-10-13-16-20/h10,12-13,15-16,18-19,26H,5-9,11,14,17H2,1-4H3,(H,23,25). The number of nitrogens with one attached hydrogen (secondary N) is 2. The largest absolute Gasteiger partial charge is 0.331 e. The molecule has 0 aromatic heterocycles. The third kappa shape index (κ3) is 8.12. The van der Waals surface area contributed by atoms with Gasteiger partial charge in [0, 0.05) is 6.04 Å². The molecule has 0 bridgehead atoms. The zero-order valence-corrected chi connectivity index (χ0v) is 17.5. The highest BCUT2D eigenvalue weighted by Crippen LogP contribution is 2.12. The van der Waals surface area contributed by atoms with Crippen molar-refractivity contribution in [2.75, 3.05) is 0 Å². The van der Waals surface area contributed by atoms with Gasteiger partial charge < -0.3 is 5.32 Å². The number of benzene rings is 1. The Morgan fingerprint density at radius 3 is 2.56 bits per heavy atom. The quantitative estimate of drug-likeness (QED) is 0.546. The van der Waals surface area contributed by atoms with E-state index < -0.39 is 0 Å². The normalized spacial score (nSPS) is 18.5. The third-order valence-electron chi connectivity index (χ3n) is 4.75. The van der Waals surface area contributed by atoms with Crippen LogP contribution < -0.4 is 10.7 Å². The molecule has 1 heterocycles. The molecule has 5 nitrogen and oxygen atoms in total. The van der Waals surface area contributed by atoms with Crippen LogP contribution in [-0.4, -0.2) is 29.0 Å². The monoisotopic (exact) mass is 371 g/mol. The van der Waals surface area contributed by atoms with Crippen LogP contribution in [0, 0.1) is 0 Å². The molecule has 0 fully saturated rings. The van der Waals surface area contributed by atoms with E-state index in [4.69, 9.17) is 4.99 Å². The van der Waals surface area contributed by atoms with Crippen LogP contribution in [0.5, 0.6) is 0 Å². The van der Waals surface area contributed by atoms with Crippen LogP contribution in [0.3, 0.4) is 0 Å². The van der Waals surface area contributed by atoms with Crippen LogP contribution in [0.15, 0.2) is 40.3 Å². The highest BCUT2D eigenvalue weighted by molar-refractivity contribution is 5.92. The van der Waals surface area contributed by atoms with Crippen LogP contribution in [0.1, 0.15) is 78.2 Å². The number of hydrogen-bond donors (Lipinski definition) is 2. The third-order valence-corrected chi connectivity index (χ3v) is 4.75. The second kappa shape index (κ2) is 11.1. The number of hydrogen-bond acceptors (Lipinski definition) is 3. The fourth-order valence-electron chi connectivity index (χ4n) is 3.12. The van der Waals surface area contributed by atoms with E-state index >= 15 is 0 Å². The molecule has 0 aliphatic carbocycles. The van der Waals surface area contributed by atoms with E-state index in [1.54, 1.807) is 0 Å². The first-order chi connectivity index (χ1) is 13.0. The molecule has 5 heteroatoms. The van der Waals surface area contributed by atoms with E-state index in [-0.39, 0.29) is 5.66 Å². The molecule has 1 aliphatic heterocycles. The average molecular weight is 372 g/mol. The van der Waals surface area contributed by atoms with Gasteiger partial charge in [0.15, 0.2) is 0 Å². The Hall–Kier alpha value is -1.88. The zero-order chi connectivity index (χ0) is 19.5. The molecule has 1 unspecified atom stereocenters. The van der Waals surface area contributed by atoms with Crippen molar-refractivity contribution in [2.45, 2.75) is 90.9 Å². The van der Waals surface area contributed by atoms with Crippen LogP contribution in [0.4, 0.5) is 0 Å². The molecule has 1 aromatic carbocycles. The maximum absolute atomic E-state index is 4.79. The minimum Gasteiger partial charge on any atom is -0.331 e. The van der Waals surface area contributed by atoms with Gasteiger partial charge in [-0.3, -0.25) is 0 Å². The maximum Gasteiger partial charge on any atom is 0.216 e. The number of nitrogens with zero attached hydrogens (tertiary/aromatic N) is 3. The summed E-state index contributed by atoms with van der Waals surface area (Å²) < 4.78 is 0. The first kappa shape index (κ1) is 21.4. The van der Waals surface area contributed by atoms with Crippen LogP contribution >= 0.6 is 0 Å². The smallest absolute Gasteiger partial charge is 0.216 e. The molecular weight excluding hydrogens is 334 g/mol. The van der Waals surface area contributed by atoms with Crippen LogP contribution in [0.25, 0.3) is 0 Å². The summed E-state index contributed by atoms with van der Waals surface area (Å²) in [4.78, 5) is 9.37. The molecule has 1 aliphatic rings. The minimum atomic E-state index is -0.337. The lowest BCUT2D eigenvalue weighted by Gasteiger charge is -2.36. The number of aliphatic imine (C=N–C) groups is 2. The fraction of sp³-hybridized carbons (Fsp3) is 0.636. The minimum absolute atomic E-state index is 0.337. The van der Waals surface area contributed by atoms with E-state index in [1.165, 1.54) is 44.1 Å². The zero-order valence-electron chi connectivity index (χ0n) is 17.5. The van der Waals surface area contributed by atoms with Crippen molar-refractivity contribution in [2.24, 2.45) is 9.98 Å². The molecule has 27 heavy (non-hydrogen) atoms. The highest BCUT2D eigenvalue weighted by Gasteiger charge is 2.26. The summed E-state index contributed by atoms with van der Waals surface area (Å²) in [7, 11) is 0. The Labute approximate surface area is 165 Å². The second-order valence-corrected chi connectivity index (χ2v) is 8.01. The van der Waals surface area contributed by atoms with E-state index in [2.05, 4.69) is 55.6 Å². The Bertz CT molecular complexity index is 594. The predicted octanol–water partition coefficient (Wildman–Crippen LogP) is 4.86. The van der Waals surface area contributed by atoms with Crippen molar-refractivity contribution in [1.29, 1.82) is 0 Å². The Morgan fingerprint density at radius 1 is 1.11 bits per heavy atom. The molecule has 2 N–H and O–H groups in total. The maximum atomic E-state index is 4.79. The van der Waals surface area contributed by atoms with Gasteiger partial charge in [0.2, 0.25) is 5.96 Å². The summed E-state index contributed by atoms with van der Waals surface area (Å²) >= 11 is 0. The first-order valence-electron chi connectivity index (χ1n) is 10.5. The molecule has 150 valence electrons. The van der Waals surface area contributed by atoms with Gasteiger partial charge in [-0.2, -0.15) is 0 Å². The lowest BCUT2D eigenvalue weighted by Crippen LogP contribution is -2.59. The number of guanidine groups is 1. The summed E-state index contributed by atoms with van der Waals surface area (Å²) in [5.41, 5.74) is 4.40. The lowest BCUT2D eigenvalue weighted by molar-refractivity contribution is 0.318. The molecule has 0 saturated carbocycles. The molecule has 0 amide bonds. The fourth-order valence-corrected chi connectivity index (χ4v) is 3.12. The van der Waals surface area contributed by atoms with Crippen molar-refractivity contribution < 1.29 is 0 Å². The molecule has 0 radical (unpaired) electrons. The average Bonchev–Trinajstić information content (AvgIpc) is 2.65. The van der Waals surface area contributed by atoms with Crippen molar-refractivity contribution in [3.8, 4) is 0 Å². The summed E-state index contributed by atoms with van der Waals surface area (Å²) in [6.45, 7) is 9.25. The SMILES string of the molecule is CCCCCCCCC(C)NN1C=NC(C)(C)NC1=NCc1ccccc1. The molecule has 1 aromatic rings. The highest BCUT2D eigenvalue weighted by atomic mass is 15.6. The van der Waals surface area contributed by atoms with Gasteiger partial charge in [-0.05, 0) is 32.8 Å². The molecule has 2 rings (SSSR count). The topological polar surface area (TPSA) is 52.0 Å². The van der Waals surface area contributed by atoms with E-state index in [0.717, 1.165) is 12.4 Å². The number of rotatable bonds is 11. The van der Waals surface area contributed by atoms with Crippen molar-refractivity contribution in [1.82, 2.24) is 15.8 Å². The van der Waals surface area contributed by atoms with Crippen molar-refractivity contribution >= 4 is 12.3 Å². The first-order valence-corrected chi connectivity index (χ1v) is 10.5. The van der Waals surface area contributed by atoms with E-state index in [0.29, 0.717) is 12.6 Å². The molecule has 1 atom stereocenters. The van der Waals surface area contributed by atoms with Gasteiger partial charge in [0.1, 0.15) is 12.0 Å². The van der Waals surface area contributed by atoms with Crippen molar-refractivity contribution in [3.05, 3.63) is 35.9 Å². The van der Waals surface area contributed by atoms with Gasteiger partial charge >= 0.3 is 0 Å². The van der Waals surface area contributed by atoms with Gasteiger partial charge in [-0.15, -0.1) is 0 Å². The Kier molecular flexibility index (Phi) is 8.79. The summed E-state index contributed by atoms with van der Waals surface area (Å²) in [5.74, 6) is 0.827. The van der Waals surface area contributed by atoms with Gasteiger partial charge in [0.05, 0.1) is 6.54 Å². The summed E-state index contributed by atoms with van der Waals surface area (Å²) in [6, 6.07) is 10.7. The Balaban J connectivity index is 1.87. The summed E-state index contributed by atoms with van der Waals surface area (Å²) in [6.07, 6.45) is 11.0. The van der Waals surface area contributed by atoms with Crippen LogP contribution in [-0.2, 0) is 6.54 Å². The Morgan fingerprint density at radius 2 is 1.81 bits per heavy atom. The number of unbranched alkanes of at least 4 members (excludes halogenated alkanes) is 5. The van der Waals surface area contributed by atoms with Gasteiger partial charge in [0.25, 0.3) is 0 Å². The summed E-state index contributed by atoms with van der Waals surface area (Å²) in [5, 5.41) is 5.36.